The fourth-order valence-corrected chi connectivity index (χ4v) is 4.96. The molecule has 1 fully saturated rings. The number of amides is 1. The van der Waals surface area contributed by atoms with Gasteiger partial charge in [0.25, 0.3) is 5.91 Å². The number of likely N-dealkylation sites (N-methyl/N-ethyl adjacent to an activating group) is 1. The molecule has 7 heteroatoms. The van der Waals surface area contributed by atoms with Gasteiger partial charge in [0.2, 0.25) is 0 Å². The smallest absolute Gasteiger partial charge is 0.261 e. The molecule has 1 aliphatic rings. The second-order valence-electron chi connectivity index (χ2n) is 8.12. The van der Waals surface area contributed by atoms with E-state index in [1.807, 2.05) is 13.0 Å². The minimum Gasteiger partial charge on any atom is -0.353 e. The van der Waals surface area contributed by atoms with Crippen molar-refractivity contribution >= 4 is 33.3 Å². The normalized spacial score (nSPS) is 16.0. The van der Waals surface area contributed by atoms with Crippen molar-refractivity contribution in [3.05, 3.63) is 52.7 Å². The quantitative estimate of drug-likeness (QED) is 0.658. The maximum atomic E-state index is 13.0. The predicted octanol–water partition coefficient (Wildman–Crippen LogP) is 3.50. The van der Waals surface area contributed by atoms with Crippen molar-refractivity contribution in [3.8, 4) is 0 Å². The average molecular weight is 424 g/mol. The number of hydrogen-bond acceptors (Lipinski definition) is 6. The van der Waals surface area contributed by atoms with Gasteiger partial charge in [0.15, 0.2) is 0 Å². The first-order chi connectivity index (χ1) is 14.5. The van der Waals surface area contributed by atoms with Gasteiger partial charge in [0.1, 0.15) is 17.0 Å². The van der Waals surface area contributed by atoms with E-state index in [0.717, 1.165) is 65.5 Å². The van der Waals surface area contributed by atoms with Crippen molar-refractivity contribution in [2.75, 3.05) is 38.1 Å². The van der Waals surface area contributed by atoms with Gasteiger partial charge in [-0.3, -0.25) is 4.79 Å². The molecule has 30 heavy (non-hydrogen) atoms. The van der Waals surface area contributed by atoms with E-state index in [0.29, 0.717) is 0 Å². The zero-order valence-electron chi connectivity index (χ0n) is 17.9. The fraction of sp³-hybridized carbons (Fsp3) is 0.435. The summed E-state index contributed by atoms with van der Waals surface area (Å²) in [4.78, 5) is 28.3. The van der Waals surface area contributed by atoms with Crippen LogP contribution in [0.4, 0.5) is 5.82 Å². The van der Waals surface area contributed by atoms with Crippen molar-refractivity contribution in [2.45, 2.75) is 32.7 Å². The summed E-state index contributed by atoms with van der Waals surface area (Å²) < 4.78 is 0. The van der Waals surface area contributed by atoms with Crippen LogP contribution in [-0.2, 0) is 6.42 Å². The lowest BCUT2D eigenvalue weighted by molar-refractivity contribution is 0.0942. The predicted molar refractivity (Wildman–Crippen MR) is 124 cm³/mol. The van der Waals surface area contributed by atoms with E-state index in [2.05, 4.69) is 63.3 Å². The highest BCUT2D eigenvalue weighted by atomic mass is 32.1. The molecule has 1 unspecified atom stereocenters. The van der Waals surface area contributed by atoms with Crippen molar-refractivity contribution < 1.29 is 4.79 Å². The molecule has 1 atom stereocenters. The van der Waals surface area contributed by atoms with Crippen LogP contribution in [0.1, 0.15) is 34.1 Å². The second-order valence-corrected chi connectivity index (χ2v) is 9.12. The van der Waals surface area contributed by atoms with E-state index in [1.54, 1.807) is 6.33 Å². The Bertz CT molecular complexity index is 1010. The summed E-state index contributed by atoms with van der Waals surface area (Å²) in [7, 11) is 2.14. The molecule has 3 aromatic rings. The van der Waals surface area contributed by atoms with Crippen LogP contribution in [0.25, 0.3) is 10.2 Å². The monoisotopic (exact) mass is 423 g/mol. The average Bonchev–Trinajstić information content (AvgIpc) is 3.10. The molecule has 1 saturated heterocycles. The topological polar surface area (TPSA) is 61.4 Å². The van der Waals surface area contributed by atoms with Crippen LogP contribution in [0.15, 0.2) is 36.7 Å². The van der Waals surface area contributed by atoms with Gasteiger partial charge in [-0.05, 0) is 44.9 Å². The SMILES string of the molecule is Cc1c(C(=O)NC(C)CCc2ccccc2)sc2ncnc(N3CCN(C)CC3)c12. The van der Waals surface area contributed by atoms with Crippen molar-refractivity contribution in [1.82, 2.24) is 20.2 Å². The zero-order chi connectivity index (χ0) is 21.1. The standard InChI is InChI=1S/C23H29N5OS/c1-16(9-10-18-7-5-4-6-8-18)26-22(29)20-17(2)19-21(24-15-25-23(19)30-20)28-13-11-27(3)12-14-28/h4-8,15-16H,9-14H2,1-3H3,(H,26,29). The Morgan fingerprint density at radius 3 is 2.63 bits per heavy atom. The van der Waals surface area contributed by atoms with E-state index >= 15 is 0 Å². The minimum atomic E-state index is -0.0135. The molecule has 0 aliphatic carbocycles. The summed E-state index contributed by atoms with van der Waals surface area (Å²) in [6.45, 7) is 8.00. The number of nitrogens with one attached hydrogen (secondary N) is 1. The van der Waals surface area contributed by atoms with Crippen molar-refractivity contribution in [3.63, 3.8) is 0 Å². The maximum absolute atomic E-state index is 13.0. The third-order valence-electron chi connectivity index (χ3n) is 5.80. The molecule has 4 rings (SSSR count). The van der Waals surface area contributed by atoms with Gasteiger partial charge in [0, 0.05) is 32.2 Å². The molecule has 2 aromatic heterocycles. The Kier molecular flexibility index (Phi) is 6.29. The molecule has 0 bridgehead atoms. The number of thiophene rings is 1. The van der Waals surface area contributed by atoms with Crippen molar-refractivity contribution in [2.24, 2.45) is 0 Å². The van der Waals surface area contributed by atoms with Crippen LogP contribution < -0.4 is 10.2 Å². The Morgan fingerprint density at radius 2 is 1.90 bits per heavy atom. The van der Waals surface area contributed by atoms with Crippen LogP contribution in [0.5, 0.6) is 0 Å². The zero-order valence-corrected chi connectivity index (χ0v) is 18.7. The number of fused-ring (bicyclic) bond motifs is 1. The number of benzene rings is 1. The number of anilines is 1. The lowest BCUT2D eigenvalue weighted by Crippen LogP contribution is -2.44. The van der Waals surface area contributed by atoms with E-state index in [4.69, 9.17) is 0 Å². The largest absolute Gasteiger partial charge is 0.353 e. The third-order valence-corrected chi connectivity index (χ3v) is 7.00. The summed E-state index contributed by atoms with van der Waals surface area (Å²) in [6.07, 6.45) is 3.48. The molecule has 0 radical (unpaired) electrons. The third kappa shape index (κ3) is 4.47. The molecule has 1 amide bonds. The summed E-state index contributed by atoms with van der Waals surface area (Å²) in [5, 5.41) is 4.20. The Balaban J connectivity index is 1.49. The fourth-order valence-electron chi connectivity index (χ4n) is 3.92. The van der Waals surface area contributed by atoms with Gasteiger partial charge >= 0.3 is 0 Å². The highest BCUT2D eigenvalue weighted by molar-refractivity contribution is 7.20. The van der Waals surface area contributed by atoms with E-state index < -0.39 is 0 Å². The molecule has 158 valence electrons. The lowest BCUT2D eigenvalue weighted by atomic mass is 10.1. The van der Waals surface area contributed by atoms with Crippen LogP contribution in [-0.4, -0.2) is 60.0 Å². The lowest BCUT2D eigenvalue weighted by Gasteiger charge is -2.33. The summed E-state index contributed by atoms with van der Waals surface area (Å²) in [5.74, 6) is 0.943. The van der Waals surface area contributed by atoms with Gasteiger partial charge in [-0.15, -0.1) is 11.3 Å². The molecule has 0 saturated carbocycles. The Morgan fingerprint density at radius 1 is 1.17 bits per heavy atom. The minimum absolute atomic E-state index is 0.0135. The molecule has 3 heterocycles. The van der Waals surface area contributed by atoms with Crippen LogP contribution >= 0.6 is 11.3 Å². The molecule has 1 aromatic carbocycles. The first kappa shape index (κ1) is 20.8. The number of carbonyl (C=O) groups is 1. The number of aromatic nitrogens is 2. The second kappa shape index (κ2) is 9.10. The van der Waals surface area contributed by atoms with E-state index in [9.17, 15) is 4.79 Å². The number of carbonyl (C=O) groups excluding carboxylic acids is 1. The highest BCUT2D eigenvalue weighted by Crippen LogP contribution is 2.35. The van der Waals surface area contributed by atoms with Crippen LogP contribution in [0.2, 0.25) is 0 Å². The van der Waals surface area contributed by atoms with Gasteiger partial charge < -0.3 is 15.1 Å². The van der Waals surface area contributed by atoms with Crippen LogP contribution in [0.3, 0.4) is 0 Å². The molecular weight excluding hydrogens is 394 g/mol. The van der Waals surface area contributed by atoms with Gasteiger partial charge in [-0.2, -0.15) is 0 Å². The van der Waals surface area contributed by atoms with Gasteiger partial charge in [-0.1, -0.05) is 30.3 Å². The van der Waals surface area contributed by atoms with E-state index in [1.165, 1.54) is 16.9 Å². The summed E-state index contributed by atoms with van der Waals surface area (Å²) in [5.41, 5.74) is 2.28. The molecule has 1 N–H and O–H groups in total. The first-order valence-electron chi connectivity index (χ1n) is 10.6. The highest BCUT2D eigenvalue weighted by Gasteiger charge is 2.24. The maximum Gasteiger partial charge on any atom is 0.261 e. The van der Waals surface area contributed by atoms with Gasteiger partial charge in [0.05, 0.1) is 10.3 Å². The molecule has 0 spiro atoms. The molecular formula is C23H29N5OS. The number of piperazine rings is 1. The molecule has 1 aliphatic heterocycles. The number of hydrogen-bond donors (Lipinski definition) is 1. The number of aryl methyl sites for hydroxylation is 2. The van der Waals surface area contributed by atoms with E-state index in [-0.39, 0.29) is 11.9 Å². The summed E-state index contributed by atoms with van der Waals surface area (Å²) in [6, 6.07) is 10.5. The summed E-state index contributed by atoms with van der Waals surface area (Å²) >= 11 is 1.47. The van der Waals surface area contributed by atoms with Crippen LogP contribution in [0, 0.1) is 6.92 Å². The van der Waals surface area contributed by atoms with Gasteiger partial charge in [-0.25, -0.2) is 9.97 Å². The Labute approximate surface area is 181 Å². The number of nitrogens with zero attached hydrogens (tertiary/aromatic N) is 4. The van der Waals surface area contributed by atoms with Crippen molar-refractivity contribution in [1.29, 1.82) is 0 Å². The molecule has 6 nitrogen and oxygen atoms in total. The Hall–Kier alpha value is -2.51. The number of rotatable bonds is 6. The first-order valence-corrected chi connectivity index (χ1v) is 11.4.